The van der Waals surface area contributed by atoms with Gasteiger partial charge in [-0.15, -0.1) is 0 Å². The van der Waals surface area contributed by atoms with Crippen LogP contribution in [0.1, 0.15) is 38.8 Å². The first-order chi connectivity index (χ1) is 13.5. The molecule has 2 aromatic carbocycles. The second-order valence-corrected chi connectivity index (χ2v) is 10.3. The lowest BCUT2D eigenvalue weighted by atomic mass is 10.0. The SMILES string of the molecule is CC(=N[S+]([O-])C(C)(C)C)c1cc(C)cc2c(=O)n(C)c(-c3ccccc3Cl)nc12. The van der Waals surface area contributed by atoms with Crippen molar-refractivity contribution < 1.29 is 4.55 Å². The van der Waals surface area contributed by atoms with Crippen LogP contribution in [0, 0.1) is 6.92 Å². The van der Waals surface area contributed by atoms with E-state index in [-0.39, 0.29) is 5.56 Å². The van der Waals surface area contributed by atoms with Gasteiger partial charge in [0.2, 0.25) is 0 Å². The molecule has 0 saturated heterocycles. The number of aryl methyl sites for hydroxylation is 1. The number of fused-ring (bicyclic) bond motifs is 1. The highest BCUT2D eigenvalue weighted by molar-refractivity contribution is 7.91. The molecule has 0 bridgehead atoms. The Morgan fingerprint density at radius 3 is 2.52 bits per heavy atom. The van der Waals surface area contributed by atoms with Gasteiger partial charge in [0.1, 0.15) is 21.9 Å². The van der Waals surface area contributed by atoms with Crippen LogP contribution in [0.2, 0.25) is 5.02 Å². The van der Waals surface area contributed by atoms with Gasteiger partial charge in [0.05, 0.1) is 21.6 Å². The molecular formula is C22H24ClN3O2S. The molecule has 1 aromatic heterocycles. The van der Waals surface area contributed by atoms with Gasteiger partial charge in [0.15, 0.2) is 0 Å². The van der Waals surface area contributed by atoms with Crippen molar-refractivity contribution in [2.45, 2.75) is 39.4 Å². The van der Waals surface area contributed by atoms with Gasteiger partial charge in [-0.05, 0) is 64.4 Å². The average molecular weight is 430 g/mol. The lowest BCUT2D eigenvalue weighted by molar-refractivity contribution is 0.561. The Balaban J connectivity index is 2.34. The zero-order valence-electron chi connectivity index (χ0n) is 17.4. The molecule has 0 N–H and O–H groups in total. The molecule has 0 fully saturated rings. The normalized spacial score (nSPS) is 13.7. The number of halogens is 1. The molecule has 5 nitrogen and oxygen atoms in total. The number of hydrogen-bond donors (Lipinski definition) is 0. The van der Waals surface area contributed by atoms with Gasteiger partial charge in [-0.3, -0.25) is 9.36 Å². The van der Waals surface area contributed by atoms with E-state index in [1.54, 1.807) is 20.0 Å². The third-order valence-electron chi connectivity index (χ3n) is 4.57. The van der Waals surface area contributed by atoms with Crippen molar-refractivity contribution in [2.24, 2.45) is 11.4 Å². The molecule has 1 heterocycles. The van der Waals surface area contributed by atoms with Crippen molar-refractivity contribution in [3.05, 3.63) is 62.9 Å². The Hall–Kier alpha value is -2.15. The molecule has 0 radical (unpaired) electrons. The lowest BCUT2D eigenvalue weighted by Crippen LogP contribution is -2.27. The largest absolute Gasteiger partial charge is 0.591 e. The molecule has 0 aliphatic rings. The summed E-state index contributed by atoms with van der Waals surface area (Å²) in [5, 5.41) is 1.01. The fourth-order valence-electron chi connectivity index (χ4n) is 2.99. The predicted molar refractivity (Wildman–Crippen MR) is 122 cm³/mol. The number of benzene rings is 2. The molecule has 0 aliphatic carbocycles. The summed E-state index contributed by atoms with van der Waals surface area (Å²) in [6, 6.07) is 11.0. The number of aromatic nitrogens is 2. The molecule has 3 aromatic rings. The Morgan fingerprint density at radius 1 is 1.24 bits per heavy atom. The molecule has 1 unspecified atom stereocenters. The fourth-order valence-corrected chi connectivity index (χ4v) is 3.83. The molecule has 3 rings (SSSR count). The van der Waals surface area contributed by atoms with E-state index in [9.17, 15) is 9.35 Å². The number of nitrogens with zero attached hydrogens (tertiary/aromatic N) is 3. The Kier molecular flexibility index (Phi) is 5.90. The van der Waals surface area contributed by atoms with E-state index < -0.39 is 16.1 Å². The van der Waals surface area contributed by atoms with Crippen LogP contribution in [-0.2, 0) is 18.4 Å². The second kappa shape index (κ2) is 7.94. The van der Waals surface area contributed by atoms with E-state index in [1.165, 1.54) is 4.57 Å². The van der Waals surface area contributed by atoms with Crippen molar-refractivity contribution >= 4 is 39.6 Å². The predicted octanol–water partition coefficient (Wildman–Crippen LogP) is 4.83. The summed E-state index contributed by atoms with van der Waals surface area (Å²) < 4.78 is 18.0. The summed E-state index contributed by atoms with van der Waals surface area (Å²) in [6.07, 6.45) is 0. The molecule has 152 valence electrons. The highest BCUT2D eigenvalue weighted by Gasteiger charge is 2.27. The van der Waals surface area contributed by atoms with Crippen LogP contribution >= 0.6 is 11.6 Å². The van der Waals surface area contributed by atoms with Gasteiger partial charge in [-0.25, -0.2) is 4.98 Å². The van der Waals surface area contributed by atoms with E-state index in [0.717, 1.165) is 5.56 Å². The van der Waals surface area contributed by atoms with Gasteiger partial charge in [-0.2, -0.15) is 0 Å². The molecule has 0 amide bonds. The van der Waals surface area contributed by atoms with Gasteiger partial charge < -0.3 is 4.55 Å². The smallest absolute Gasteiger partial charge is 0.261 e. The van der Waals surface area contributed by atoms with Crippen LogP contribution in [-0.4, -0.2) is 24.6 Å². The minimum Gasteiger partial charge on any atom is -0.591 e. The van der Waals surface area contributed by atoms with Crippen LogP contribution in [0.25, 0.3) is 22.3 Å². The van der Waals surface area contributed by atoms with E-state index in [0.29, 0.717) is 38.6 Å². The summed E-state index contributed by atoms with van der Waals surface area (Å²) in [5.41, 5.74) is 3.23. The molecule has 29 heavy (non-hydrogen) atoms. The molecule has 0 aliphatic heterocycles. The third-order valence-corrected chi connectivity index (χ3v) is 6.39. The van der Waals surface area contributed by atoms with E-state index in [1.807, 2.05) is 58.0 Å². The standard InChI is InChI=1S/C22H24ClN3O2S/c1-13-11-16(14(2)25-29(28)22(3,4)5)19-17(12-13)21(27)26(6)20(24-19)15-9-7-8-10-18(15)23/h7-12H,1-6H3. The van der Waals surface area contributed by atoms with Crippen LogP contribution in [0.15, 0.2) is 45.6 Å². The van der Waals surface area contributed by atoms with E-state index in [4.69, 9.17) is 16.6 Å². The summed E-state index contributed by atoms with van der Waals surface area (Å²) in [6.45, 7) is 9.33. The van der Waals surface area contributed by atoms with Crippen molar-refractivity contribution in [1.29, 1.82) is 0 Å². The van der Waals surface area contributed by atoms with E-state index in [2.05, 4.69) is 4.40 Å². The Labute approximate surface area is 178 Å². The highest BCUT2D eigenvalue weighted by Crippen LogP contribution is 2.28. The lowest BCUT2D eigenvalue weighted by Gasteiger charge is -2.19. The molecule has 7 heteroatoms. The monoisotopic (exact) mass is 429 g/mol. The summed E-state index contributed by atoms with van der Waals surface area (Å²) in [4.78, 5) is 17.9. The Bertz CT molecular complexity index is 1180. The van der Waals surface area contributed by atoms with Crippen molar-refractivity contribution in [3.8, 4) is 11.4 Å². The fraction of sp³-hybridized carbons (Fsp3) is 0.318. The maximum Gasteiger partial charge on any atom is 0.261 e. The van der Waals surface area contributed by atoms with Crippen LogP contribution in [0.4, 0.5) is 0 Å². The molecular weight excluding hydrogens is 406 g/mol. The number of hydrogen-bond acceptors (Lipinski definition) is 4. The van der Waals surface area contributed by atoms with Crippen molar-refractivity contribution in [2.75, 3.05) is 0 Å². The third kappa shape index (κ3) is 4.25. The average Bonchev–Trinajstić information content (AvgIpc) is 2.64. The summed E-state index contributed by atoms with van der Waals surface area (Å²) >= 11 is 4.95. The first kappa shape index (κ1) is 21.6. The van der Waals surface area contributed by atoms with Gasteiger partial charge >= 0.3 is 0 Å². The molecule has 0 spiro atoms. The number of rotatable bonds is 3. The quantitative estimate of drug-likeness (QED) is 0.442. The van der Waals surface area contributed by atoms with Gasteiger partial charge in [0, 0.05) is 18.2 Å². The Morgan fingerprint density at radius 2 is 1.90 bits per heavy atom. The van der Waals surface area contributed by atoms with Crippen LogP contribution < -0.4 is 5.56 Å². The minimum absolute atomic E-state index is 0.167. The van der Waals surface area contributed by atoms with Crippen LogP contribution in [0.3, 0.4) is 0 Å². The van der Waals surface area contributed by atoms with Gasteiger partial charge in [-0.1, -0.05) is 28.1 Å². The first-order valence-corrected chi connectivity index (χ1v) is 10.7. The van der Waals surface area contributed by atoms with E-state index >= 15 is 0 Å². The van der Waals surface area contributed by atoms with Crippen molar-refractivity contribution in [3.63, 3.8) is 0 Å². The second-order valence-electron chi connectivity index (χ2n) is 8.03. The molecule has 1 atom stereocenters. The maximum absolute atomic E-state index is 13.1. The van der Waals surface area contributed by atoms with Crippen LogP contribution in [0.5, 0.6) is 0 Å². The first-order valence-electron chi connectivity index (χ1n) is 9.24. The highest BCUT2D eigenvalue weighted by atomic mass is 35.5. The summed E-state index contributed by atoms with van der Waals surface area (Å²) in [5.74, 6) is 0.475. The zero-order chi connectivity index (χ0) is 21.5. The topological polar surface area (TPSA) is 70.3 Å². The maximum atomic E-state index is 13.1. The van der Waals surface area contributed by atoms with Gasteiger partial charge in [0.25, 0.3) is 5.56 Å². The van der Waals surface area contributed by atoms with Crippen molar-refractivity contribution in [1.82, 2.24) is 9.55 Å². The zero-order valence-corrected chi connectivity index (χ0v) is 19.0. The summed E-state index contributed by atoms with van der Waals surface area (Å²) in [7, 11) is 1.69. The minimum atomic E-state index is -1.42. The molecule has 0 saturated carbocycles.